The van der Waals surface area contributed by atoms with Gasteiger partial charge in [0.25, 0.3) is 0 Å². The molecule has 0 spiro atoms. The summed E-state index contributed by atoms with van der Waals surface area (Å²) in [7, 11) is 0. The summed E-state index contributed by atoms with van der Waals surface area (Å²) in [6.07, 6.45) is 3.08. The SMILES string of the molecule is CCOC(=O)N1CCN(C(=O)C=Cc2ccccc2)CC1. The van der Waals surface area contributed by atoms with E-state index in [-0.39, 0.29) is 12.0 Å². The maximum atomic E-state index is 12.1. The molecule has 0 aromatic heterocycles. The van der Waals surface area contributed by atoms with E-state index in [2.05, 4.69) is 0 Å². The molecular weight excluding hydrogens is 268 g/mol. The van der Waals surface area contributed by atoms with Crippen molar-refractivity contribution in [1.29, 1.82) is 0 Å². The highest BCUT2D eigenvalue weighted by molar-refractivity contribution is 5.91. The number of hydrogen-bond acceptors (Lipinski definition) is 3. The van der Waals surface area contributed by atoms with E-state index in [0.29, 0.717) is 32.8 Å². The molecule has 1 fully saturated rings. The van der Waals surface area contributed by atoms with Crippen molar-refractivity contribution in [1.82, 2.24) is 9.80 Å². The number of carbonyl (C=O) groups excluding carboxylic acids is 2. The number of hydrogen-bond donors (Lipinski definition) is 0. The molecule has 5 heteroatoms. The molecule has 0 unspecified atom stereocenters. The number of carbonyl (C=O) groups is 2. The number of amides is 2. The van der Waals surface area contributed by atoms with Crippen LogP contribution in [-0.2, 0) is 9.53 Å². The standard InChI is InChI=1S/C16H20N2O3/c1-2-21-16(20)18-12-10-17(11-13-18)15(19)9-8-14-6-4-3-5-7-14/h3-9H,2,10-13H2,1H3. The monoisotopic (exact) mass is 288 g/mol. The molecule has 21 heavy (non-hydrogen) atoms. The van der Waals surface area contributed by atoms with Crippen LogP contribution in [0.25, 0.3) is 6.08 Å². The third-order valence-corrected chi connectivity index (χ3v) is 3.34. The predicted molar refractivity (Wildman–Crippen MR) is 80.7 cm³/mol. The van der Waals surface area contributed by atoms with Crippen molar-refractivity contribution in [3.05, 3.63) is 42.0 Å². The molecule has 1 heterocycles. The summed E-state index contributed by atoms with van der Waals surface area (Å²) in [6, 6.07) is 9.70. The van der Waals surface area contributed by atoms with E-state index in [9.17, 15) is 9.59 Å². The molecule has 0 aliphatic carbocycles. The van der Waals surface area contributed by atoms with Crippen molar-refractivity contribution >= 4 is 18.1 Å². The Morgan fingerprint density at radius 2 is 1.71 bits per heavy atom. The molecule has 112 valence electrons. The lowest BCUT2D eigenvalue weighted by atomic mass is 10.2. The lowest BCUT2D eigenvalue weighted by Crippen LogP contribution is -2.50. The van der Waals surface area contributed by atoms with Gasteiger partial charge >= 0.3 is 6.09 Å². The van der Waals surface area contributed by atoms with Gasteiger partial charge in [0, 0.05) is 32.3 Å². The van der Waals surface area contributed by atoms with Gasteiger partial charge in [-0.3, -0.25) is 4.79 Å². The topological polar surface area (TPSA) is 49.9 Å². The highest BCUT2D eigenvalue weighted by Gasteiger charge is 2.23. The first kappa shape index (κ1) is 15.1. The summed E-state index contributed by atoms with van der Waals surface area (Å²) < 4.78 is 4.95. The lowest BCUT2D eigenvalue weighted by Gasteiger charge is -2.33. The molecule has 5 nitrogen and oxygen atoms in total. The van der Waals surface area contributed by atoms with Gasteiger partial charge in [0.1, 0.15) is 0 Å². The van der Waals surface area contributed by atoms with Gasteiger partial charge < -0.3 is 14.5 Å². The maximum absolute atomic E-state index is 12.1. The van der Waals surface area contributed by atoms with Crippen LogP contribution in [0.3, 0.4) is 0 Å². The number of rotatable bonds is 3. The van der Waals surface area contributed by atoms with Crippen LogP contribution in [0.15, 0.2) is 36.4 Å². The van der Waals surface area contributed by atoms with E-state index in [0.717, 1.165) is 5.56 Å². The van der Waals surface area contributed by atoms with Gasteiger partial charge in [0.15, 0.2) is 0 Å². The first-order valence-electron chi connectivity index (χ1n) is 7.14. The van der Waals surface area contributed by atoms with Gasteiger partial charge in [0.2, 0.25) is 5.91 Å². The van der Waals surface area contributed by atoms with E-state index < -0.39 is 0 Å². The minimum absolute atomic E-state index is 0.0256. The van der Waals surface area contributed by atoms with Gasteiger partial charge in [-0.1, -0.05) is 30.3 Å². The van der Waals surface area contributed by atoms with Gasteiger partial charge in [0.05, 0.1) is 6.61 Å². The van der Waals surface area contributed by atoms with Crippen LogP contribution in [0.2, 0.25) is 0 Å². The molecule has 1 saturated heterocycles. The van der Waals surface area contributed by atoms with Crippen molar-refractivity contribution in [3.63, 3.8) is 0 Å². The molecule has 1 aliphatic rings. The summed E-state index contributed by atoms with van der Waals surface area (Å²) >= 11 is 0. The van der Waals surface area contributed by atoms with Crippen LogP contribution in [-0.4, -0.2) is 54.6 Å². The Balaban J connectivity index is 1.83. The van der Waals surface area contributed by atoms with Crippen LogP contribution in [0, 0.1) is 0 Å². The van der Waals surface area contributed by atoms with Crippen molar-refractivity contribution < 1.29 is 14.3 Å². The molecule has 0 radical (unpaired) electrons. The normalized spacial score (nSPS) is 15.3. The fourth-order valence-electron chi connectivity index (χ4n) is 2.16. The summed E-state index contributed by atoms with van der Waals surface area (Å²) in [5, 5.41) is 0. The fraction of sp³-hybridized carbons (Fsp3) is 0.375. The second kappa shape index (κ2) is 7.47. The molecule has 1 aromatic rings. The molecule has 1 aromatic carbocycles. The van der Waals surface area contributed by atoms with Crippen molar-refractivity contribution in [3.8, 4) is 0 Å². The summed E-state index contributed by atoms with van der Waals surface area (Å²) in [6.45, 7) is 4.27. The van der Waals surface area contributed by atoms with Crippen LogP contribution < -0.4 is 0 Å². The Morgan fingerprint density at radius 3 is 2.33 bits per heavy atom. The van der Waals surface area contributed by atoms with Crippen LogP contribution in [0.4, 0.5) is 4.79 Å². The average Bonchev–Trinajstić information content (AvgIpc) is 2.54. The third-order valence-electron chi connectivity index (χ3n) is 3.34. The zero-order valence-corrected chi connectivity index (χ0v) is 12.2. The number of piperazine rings is 1. The number of benzene rings is 1. The second-order valence-corrected chi connectivity index (χ2v) is 4.76. The number of ether oxygens (including phenoxy) is 1. The summed E-state index contributed by atoms with van der Waals surface area (Å²) in [4.78, 5) is 27.0. The Labute approximate surface area is 124 Å². The van der Waals surface area contributed by atoms with Gasteiger partial charge in [-0.05, 0) is 18.6 Å². The quantitative estimate of drug-likeness (QED) is 0.799. The van der Waals surface area contributed by atoms with Crippen molar-refractivity contribution in [2.45, 2.75) is 6.92 Å². The van der Waals surface area contributed by atoms with E-state index in [4.69, 9.17) is 4.74 Å². The Hall–Kier alpha value is -2.30. The average molecular weight is 288 g/mol. The smallest absolute Gasteiger partial charge is 0.409 e. The van der Waals surface area contributed by atoms with E-state index in [1.807, 2.05) is 30.3 Å². The molecule has 2 rings (SSSR count). The largest absolute Gasteiger partial charge is 0.450 e. The van der Waals surface area contributed by atoms with E-state index >= 15 is 0 Å². The fourth-order valence-corrected chi connectivity index (χ4v) is 2.16. The molecule has 2 amide bonds. The second-order valence-electron chi connectivity index (χ2n) is 4.76. The first-order chi connectivity index (χ1) is 10.2. The van der Waals surface area contributed by atoms with Gasteiger partial charge in [-0.25, -0.2) is 4.79 Å². The van der Waals surface area contributed by atoms with Crippen LogP contribution >= 0.6 is 0 Å². The Kier molecular flexibility index (Phi) is 5.37. The molecule has 0 N–H and O–H groups in total. The zero-order chi connectivity index (χ0) is 15.1. The maximum Gasteiger partial charge on any atom is 0.409 e. The zero-order valence-electron chi connectivity index (χ0n) is 12.2. The van der Waals surface area contributed by atoms with E-state index in [1.54, 1.807) is 28.9 Å². The Morgan fingerprint density at radius 1 is 1.10 bits per heavy atom. The molecule has 0 atom stereocenters. The van der Waals surface area contributed by atoms with Crippen LogP contribution in [0.1, 0.15) is 12.5 Å². The minimum Gasteiger partial charge on any atom is -0.450 e. The summed E-state index contributed by atoms with van der Waals surface area (Å²) in [5.41, 5.74) is 0.996. The molecule has 1 aliphatic heterocycles. The predicted octanol–water partition coefficient (Wildman–Crippen LogP) is 2.00. The number of nitrogens with zero attached hydrogens (tertiary/aromatic N) is 2. The molecule has 0 bridgehead atoms. The van der Waals surface area contributed by atoms with Crippen molar-refractivity contribution in [2.75, 3.05) is 32.8 Å². The highest BCUT2D eigenvalue weighted by atomic mass is 16.6. The molecular formula is C16H20N2O3. The third kappa shape index (κ3) is 4.34. The lowest BCUT2D eigenvalue weighted by molar-refractivity contribution is -0.127. The van der Waals surface area contributed by atoms with Crippen LogP contribution in [0.5, 0.6) is 0 Å². The highest BCUT2D eigenvalue weighted by Crippen LogP contribution is 2.06. The Bertz CT molecular complexity index is 506. The van der Waals surface area contributed by atoms with Gasteiger partial charge in [-0.2, -0.15) is 0 Å². The first-order valence-corrected chi connectivity index (χ1v) is 7.14. The molecule has 0 saturated carbocycles. The van der Waals surface area contributed by atoms with Gasteiger partial charge in [-0.15, -0.1) is 0 Å². The minimum atomic E-state index is -0.301. The van der Waals surface area contributed by atoms with E-state index in [1.165, 1.54) is 0 Å². The summed E-state index contributed by atoms with van der Waals surface area (Å²) in [5.74, 6) is -0.0256. The van der Waals surface area contributed by atoms with Crippen molar-refractivity contribution in [2.24, 2.45) is 0 Å².